The summed E-state index contributed by atoms with van der Waals surface area (Å²) in [6.07, 6.45) is 2.46. The summed E-state index contributed by atoms with van der Waals surface area (Å²) >= 11 is 1.52. The Kier molecular flexibility index (Phi) is 2.84. The lowest BCUT2D eigenvalue weighted by atomic mass is 10.1. The van der Waals surface area contributed by atoms with Gasteiger partial charge in [0.2, 0.25) is 0 Å². The molecule has 0 aliphatic heterocycles. The molecule has 14 heavy (non-hydrogen) atoms. The Bertz CT molecular complexity index is 331. The number of hydrogen-bond acceptors (Lipinski definition) is 3. The van der Waals surface area contributed by atoms with E-state index in [2.05, 4.69) is 11.4 Å². The highest BCUT2D eigenvalue weighted by molar-refractivity contribution is 7.12. The molecule has 0 radical (unpaired) electrons. The van der Waals surface area contributed by atoms with Gasteiger partial charge in [0.1, 0.15) is 0 Å². The van der Waals surface area contributed by atoms with Crippen molar-refractivity contribution >= 4 is 17.2 Å². The average molecular weight is 210 g/mol. The van der Waals surface area contributed by atoms with Crippen LogP contribution in [0.5, 0.6) is 0 Å². The smallest absolute Gasteiger partial charge is 0.261 e. The zero-order valence-electron chi connectivity index (χ0n) is 7.95. The van der Waals surface area contributed by atoms with Gasteiger partial charge >= 0.3 is 0 Å². The highest BCUT2D eigenvalue weighted by Gasteiger charge is 2.28. The van der Waals surface area contributed by atoms with Crippen LogP contribution in [0.15, 0.2) is 11.4 Å². The Labute approximate surface area is 87.3 Å². The molecule has 1 amide bonds. The van der Waals surface area contributed by atoms with Crippen molar-refractivity contribution in [2.24, 2.45) is 5.73 Å². The molecule has 1 aromatic heterocycles. The molecular formula is C10H14N2OS. The van der Waals surface area contributed by atoms with E-state index >= 15 is 0 Å². The fourth-order valence-corrected chi connectivity index (χ4v) is 2.39. The summed E-state index contributed by atoms with van der Waals surface area (Å²) in [5.74, 6) is 0.673. The number of carbonyl (C=O) groups is 1. The molecule has 76 valence electrons. The molecule has 1 aliphatic carbocycles. The number of nitrogens with one attached hydrogen (secondary N) is 1. The third-order valence-corrected chi connectivity index (χ3v) is 3.28. The van der Waals surface area contributed by atoms with Crippen LogP contribution in [0.25, 0.3) is 0 Å². The fraction of sp³-hybridized carbons (Fsp3) is 0.500. The third-order valence-electron chi connectivity index (χ3n) is 2.35. The van der Waals surface area contributed by atoms with Crippen LogP contribution in [0.3, 0.4) is 0 Å². The van der Waals surface area contributed by atoms with Gasteiger partial charge in [0.05, 0.1) is 4.88 Å². The Morgan fingerprint density at radius 2 is 2.43 bits per heavy atom. The van der Waals surface area contributed by atoms with Crippen LogP contribution in [0, 0.1) is 0 Å². The van der Waals surface area contributed by atoms with E-state index in [-0.39, 0.29) is 5.91 Å². The second-order valence-corrected chi connectivity index (χ2v) is 4.44. The van der Waals surface area contributed by atoms with Crippen LogP contribution in [0.4, 0.5) is 0 Å². The number of thiophene rings is 1. The summed E-state index contributed by atoms with van der Waals surface area (Å²) in [5, 5.41) is 4.80. The predicted octanol–water partition coefficient (Wildman–Crippen LogP) is 1.31. The van der Waals surface area contributed by atoms with Crippen LogP contribution in [-0.4, -0.2) is 19.0 Å². The molecular weight excluding hydrogens is 196 g/mol. The van der Waals surface area contributed by atoms with Crippen LogP contribution in [0.2, 0.25) is 0 Å². The van der Waals surface area contributed by atoms with Gasteiger partial charge in [0, 0.05) is 13.1 Å². The second kappa shape index (κ2) is 4.11. The Morgan fingerprint density at radius 1 is 1.64 bits per heavy atom. The minimum Gasteiger partial charge on any atom is -0.350 e. The van der Waals surface area contributed by atoms with Gasteiger partial charge in [-0.15, -0.1) is 11.3 Å². The quantitative estimate of drug-likeness (QED) is 0.787. The second-order valence-electron chi connectivity index (χ2n) is 3.52. The monoisotopic (exact) mass is 210 g/mol. The topological polar surface area (TPSA) is 55.1 Å². The van der Waals surface area contributed by atoms with Crippen molar-refractivity contribution < 1.29 is 4.79 Å². The summed E-state index contributed by atoms with van der Waals surface area (Å²) in [5.41, 5.74) is 6.56. The van der Waals surface area contributed by atoms with Gasteiger partial charge in [-0.25, -0.2) is 0 Å². The Balaban J connectivity index is 2.06. The molecule has 1 aromatic rings. The van der Waals surface area contributed by atoms with E-state index in [0.717, 1.165) is 4.88 Å². The first-order chi connectivity index (χ1) is 6.83. The lowest BCUT2D eigenvalue weighted by molar-refractivity contribution is 0.0958. The van der Waals surface area contributed by atoms with Gasteiger partial charge in [-0.1, -0.05) is 0 Å². The molecule has 0 unspecified atom stereocenters. The maximum atomic E-state index is 11.7. The summed E-state index contributed by atoms with van der Waals surface area (Å²) in [7, 11) is 0. The van der Waals surface area contributed by atoms with E-state index < -0.39 is 0 Å². The van der Waals surface area contributed by atoms with Crippen LogP contribution >= 0.6 is 11.3 Å². The molecule has 0 spiro atoms. The van der Waals surface area contributed by atoms with E-state index in [9.17, 15) is 4.79 Å². The minimum atomic E-state index is 0.0346. The molecule has 0 atom stereocenters. The SMILES string of the molecule is NCCNC(=O)c1sccc1C1CC1. The first-order valence-electron chi connectivity index (χ1n) is 4.88. The molecule has 1 heterocycles. The highest BCUT2D eigenvalue weighted by atomic mass is 32.1. The average Bonchev–Trinajstić information content (AvgIpc) is 2.93. The molecule has 1 fully saturated rings. The van der Waals surface area contributed by atoms with Gasteiger partial charge in [0.25, 0.3) is 5.91 Å². The van der Waals surface area contributed by atoms with Gasteiger partial charge in [-0.3, -0.25) is 4.79 Å². The van der Waals surface area contributed by atoms with E-state index in [1.165, 1.54) is 29.7 Å². The molecule has 1 aliphatic rings. The summed E-state index contributed by atoms with van der Waals surface area (Å²) in [6, 6.07) is 2.07. The summed E-state index contributed by atoms with van der Waals surface area (Å²) < 4.78 is 0. The largest absolute Gasteiger partial charge is 0.350 e. The number of rotatable bonds is 4. The van der Waals surface area contributed by atoms with E-state index in [4.69, 9.17) is 5.73 Å². The standard InChI is InChI=1S/C10H14N2OS/c11-4-5-12-10(13)9-8(3-6-14-9)7-1-2-7/h3,6-7H,1-2,4-5,11H2,(H,12,13). The summed E-state index contributed by atoms with van der Waals surface area (Å²) in [6.45, 7) is 1.05. The number of hydrogen-bond donors (Lipinski definition) is 2. The normalized spacial score (nSPS) is 15.5. The molecule has 1 saturated carbocycles. The van der Waals surface area contributed by atoms with Crippen molar-refractivity contribution in [2.75, 3.05) is 13.1 Å². The lowest BCUT2D eigenvalue weighted by Crippen LogP contribution is -2.28. The van der Waals surface area contributed by atoms with Crippen LogP contribution in [0.1, 0.15) is 34.0 Å². The number of carbonyl (C=O) groups excluding carboxylic acids is 1. The molecule has 0 saturated heterocycles. The van der Waals surface area contributed by atoms with Gasteiger partial charge in [-0.05, 0) is 35.8 Å². The molecule has 4 heteroatoms. The maximum Gasteiger partial charge on any atom is 0.261 e. The number of amides is 1. The van der Waals surface area contributed by atoms with Crippen molar-refractivity contribution in [3.8, 4) is 0 Å². The zero-order valence-corrected chi connectivity index (χ0v) is 8.77. The number of nitrogens with two attached hydrogens (primary N) is 1. The van der Waals surface area contributed by atoms with Crippen LogP contribution in [-0.2, 0) is 0 Å². The van der Waals surface area contributed by atoms with E-state index in [1.807, 2.05) is 5.38 Å². The Morgan fingerprint density at radius 3 is 3.07 bits per heavy atom. The first-order valence-corrected chi connectivity index (χ1v) is 5.76. The van der Waals surface area contributed by atoms with Crippen molar-refractivity contribution in [2.45, 2.75) is 18.8 Å². The van der Waals surface area contributed by atoms with Crippen molar-refractivity contribution in [3.63, 3.8) is 0 Å². The molecule has 3 nitrogen and oxygen atoms in total. The molecule has 3 N–H and O–H groups in total. The fourth-order valence-electron chi connectivity index (χ4n) is 1.49. The highest BCUT2D eigenvalue weighted by Crippen LogP contribution is 2.43. The van der Waals surface area contributed by atoms with E-state index in [0.29, 0.717) is 19.0 Å². The van der Waals surface area contributed by atoms with E-state index in [1.54, 1.807) is 0 Å². The van der Waals surface area contributed by atoms with Crippen molar-refractivity contribution in [3.05, 3.63) is 21.9 Å². The zero-order chi connectivity index (χ0) is 9.97. The molecule has 0 aromatic carbocycles. The first kappa shape index (κ1) is 9.68. The third kappa shape index (κ3) is 1.96. The lowest BCUT2D eigenvalue weighted by Gasteiger charge is -2.03. The predicted molar refractivity (Wildman–Crippen MR) is 57.7 cm³/mol. The van der Waals surface area contributed by atoms with Gasteiger partial charge < -0.3 is 11.1 Å². The Hall–Kier alpha value is -0.870. The van der Waals surface area contributed by atoms with Gasteiger partial charge in [-0.2, -0.15) is 0 Å². The van der Waals surface area contributed by atoms with Gasteiger partial charge in [0.15, 0.2) is 0 Å². The molecule has 0 bridgehead atoms. The van der Waals surface area contributed by atoms with Crippen LogP contribution < -0.4 is 11.1 Å². The minimum absolute atomic E-state index is 0.0346. The molecule has 2 rings (SSSR count). The summed E-state index contributed by atoms with van der Waals surface area (Å²) in [4.78, 5) is 12.5. The van der Waals surface area contributed by atoms with Crippen molar-refractivity contribution in [1.82, 2.24) is 5.32 Å². The van der Waals surface area contributed by atoms with Crippen molar-refractivity contribution in [1.29, 1.82) is 0 Å². The maximum absolute atomic E-state index is 11.7.